The zero-order valence-corrected chi connectivity index (χ0v) is 11.8. The summed E-state index contributed by atoms with van der Waals surface area (Å²) in [4.78, 5) is 25.5. The number of aliphatic carboxylic acids is 1. The second-order valence-corrected chi connectivity index (χ2v) is 5.47. The van der Waals surface area contributed by atoms with E-state index in [0.29, 0.717) is 30.6 Å². The van der Waals surface area contributed by atoms with Gasteiger partial charge in [-0.05, 0) is 31.4 Å². The van der Waals surface area contributed by atoms with Crippen LogP contribution >= 0.6 is 0 Å². The molecule has 3 N–H and O–H groups in total. The summed E-state index contributed by atoms with van der Waals surface area (Å²) >= 11 is 0. The first kappa shape index (κ1) is 14.5. The molecule has 0 fully saturated rings. The quantitative estimate of drug-likeness (QED) is 0.880. The van der Waals surface area contributed by atoms with Crippen molar-refractivity contribution in [3.05, 3.63) is 29.8 Å². The molecule has 0 saturated heterocycles. The first-order valence-corrected chi connectivity index (χ1v) is 6.81. The number of fused-ring (bicyclic) bond motifs is 1. The second-order valence-electron chi connectivity index (χ2n) is 5.47. The summed E-state index contributed by atoms with van der Waals surface area (Å²) in [6, 6.07) is 7.16. The Hall–Kier alpha value is -1.88. The van der Waals surface area contributed by atoms with E-state index in [9.17, 15) is 14.7 Å². The third-order valence-electron chi connectivity index (χ3n) is 4.01. The van der Waals surface area contributed by atoms with Gasteiger partial charge in [-0.2, -0.15) is 0 Å². The van der Waals surface area contributed by atoms with Crippen molar-refractivity contribution in [3.63, 3.8) is 0 Å². The number of carboxylic acid groups (broad SMARTS) is 1. The molecular weight excluding hydrogens is 256 g/mol. The number of para-hydroxylation sites is 1. The molecule has 0 aromatic heterocycles. The van der Waals surface area contributed by atoms with Gasteiger partial charge in [-0.1, -0.05) is 25.1 Å². The van der Waals surface area contributed by atoms with Crippen LogP contribution in [-0.2, 0) is 9.59 Å². The van der Waals surface area contributed by atoms with Crippen LogP contribution in [0.2, 0.25) is 0 Å². The van der Waals surface area contributed by atoms with Gasteiger partial charge in [0.2, 0.25) is 5.91 Å². The number of benzene rings is 1. The van der Waals surface area contributed by atoms with Crippen molar-refractivity contribution in [2.45, 2.75) is 38.1 Å². The van der Waals surface area contributed by atoms with Gasteiger partial charge in [-0.25, -0.2) is 0 Å². The lowest BCUT2D eigenvalue weighted by molar-refractivity contribution is -0.139. The molecule has 20 heavy (non-hydrogen) atoms. The Bertz CT molecular complexity index is 540. The van der Waals surface area contributed by atoms with Gasteiger partial charge in [0.1, 0.15) is 0 Å². The summed E-state index contributed by atoms with van der Waals surface area (Å²) in [5.41, 5.74) is 6.46. The Labute approximate surface area is 118 Å². The highest BCUT2D eigenvalue weighted by Crippen LogP contribution is 2.36. The molecule has 2 atom stereocenters. The van der Waals surface area contributed by atoms with Gasteiger partial charge in [0.05, 0.1) is 11.5 Å². The van der Waals surface area contributed by atoms with E-state index in [1.165, 1.54) is 0 Å². The van der Waals surface area contributed by atoms with Gasteiger partial charge in [0, 0.05) is 12.2 Å². The molecule has 0 radical (unpaired) electrons. The molecule has 108 valence electrons. The third-order valence-corrected chi connectivity index (χ3v) is 4.01. The molecule has 1 aliphatic rings. The maximum absolute atomic E-state index is 12.5. The fraction of sp³-hybridized carbons (Fsp3) is 0.467. The van der Waals surface area contributed by atoms with Crippen LogP contribution in [0, 0.1) is 0 Å². The normalized spacial score (nSPS) is 20.9. The predicted octanol–water partition coefficient (Wildman–Crippen LogP) is 1.72. The van der Waals surface area contributed by atoms with Crippen molar-refractivity contribution >= 4 is 17.6 Å². The lowest BCUT2D eigenvalue weighted by Crippen LogP contribution is -2.54. The minimum absolute atomic E-state index is 0.156. The molecule has 1 aromatic rings. The van der Waals surface area contributed by atoms with Gasteiger partial charge in [0.15, 0.2) is 0 Å². The van der Waals surface area contributed by atoms with Gasteiger partial charge >= 0.3 is 5.97 Å². The zero-order chi connectivity index (χ0) is 14.9. The fourth-order valence-electron chi connectivity index (χ4n) is 2.49. The van der Waals surface area contributed by atoms with Gasteiger partial charge < -0.3 is 15.7 Å². The predicted molar refractivity (Wildman–Crippen MR) is 76.7 cm³/mol. The number of amides is 1. The van der Waals surface area contributed by atoms with Crippen molar-refractivity contribution < 1.29 is 14.7 Å². The molecule has 0 aliphatic carbocycles. The largest absolute Gasteiger partial charge is 0.481 e. The SMILES string of the molecule is CCC(C)(N)C(=O)N1CCC(C(=O)O)c2ccccc21. The third kappa shape index (κ3) is 2.41. The molecule has 2 unspecified atom stereocenters. The summed E-state index contributed by atoms with van der Waals surface area (Å²) in [6.45, 7) is 3.97. The molecule has 0 bridgehead atoms. The Morgan fingerprint density at radius 2 is 2.10 bits per heavy atom. The van der Waals surface area contributed by atoms with Crippen molar-refractivity contribution in [2.24, 2.45) is 5.73 Å². The van der Waals surface area contributed by atoms with Crippen molar-refractivity contribution in [2.75, 3.05) is 11.4 Å². The van der Waals surface area contributed by atoms with E-state index in [-0.39, 0.29) is 5.91 Å². The average Bonchev–Trinajstić information content (AvgIpc) is 2.45. The van der Waals surface area contributed by atoms with Crippen LogP contribution in [0.4, 0.5) is 5.69 Å². The van der Waals surface area contributed by atoms with Crippen LogP contribution in [0.15, 0.2) is 24.3 Å². The highest BCUT2D eigenvalue weighted by atomic mass is 16.4. The fourth-order valence-corrected chi connectivity index (χ4v) is 2.49. The van der Waals surface area contributed by atoms with Crippen LogP contribution < -0.4 is 10.6 Å². The van der Waals surface area contributed by atoms with E-state index in [1.54, 1.807) is 30.0 Å². The first-order valence-electron chi connectivity index (χ1n) is 6.81. The number of hydrogen-bond acceptors (Lipinski definition) is 3. The van der Waals surface area contributed by atoms with Crippen LogP contribution in [0.5, 0.6) is 0 Å². The topological polar surface area (TPSA) is 83.6 Å². The number of carbonyl (C=O) groups is 2. The molecule has 1 heterocycles. The summed E-state index contributed by atoms with van der Waals surface area (Å²) in [5.74, 6) is -1.56. The molecule has 5 heteroatoms. The van der Waals surface area contributed by atoms with Crippen LogP contribution in [-0.4, -0.2) is 29.1 Å². The number of rotatable bonds is 3. The van der Waals surface area contributed by atoms with Gasteiger partial charge in [-0.3, -0.25) is 9.59 Å². The van der Waals surface area contributed by atoms with E-state index in [4.69, 9.17) is 5.73 Å². The lowest BCUT2D eigenvalue weighted by Gasteiger charge is -2.37. The van der Waals surface area contributed by atoms with E-state index < -0.39 is 17.4 Å². The monoisotopic (exact) mass is 276 g/mol. The van der Waals surface area contributed by atoms with Crippen molar-refractivity contribution in [3.8, 4) is 0 Å². The standard InChI is InChI=1S/C15H20N2O3/c1-3-15(2,16)14(20)17-9-8-11(13(18)19)10-6-4-5-7-12(10)17/h4-7,11H,3,8-9,16H2,1-2H3,(H,18,19). The van der Waals surface area contributed by atoms with Gasteiger partial charge in [0.25, 0.3) is 0 Å². The number of carboxylic acids is 1. The minimum Gasteiger partial charge on any atom is -0.481 e. The molecular formula is C15H20N2O3. The van der Waals surface area contributed by atoms with E-state index in [1.807, 2.05) is 13.0 Å². The smallest absolute Gasteiger partial charge is 0.311 e. The molecule has 1 aromatic carbocycles. The molecule has 2 rings (SSSR count). The Morgan fingerprint density at radius 3 is 2.70 bits per heavy atom. The number of hydrogen-bond donors (Lipinski definition) is 2. The van der Waals surface area contributed by atoms with E-state index in [2.05, 4.69) is 0 Å². The van der Waals surface area contributed by atoms with Gasteiger partial charge in [-0.15, -0.1) is 0 Å². The molecule has 5 nitrogen and oxygen atoms in total. The Kier molecular flexibility index (Phi) is 3.81. The lowest BCUT2D eigenvalue weighted by atomic mass is 9.88. The van der Waals surface area contributed by atoms with Crippen LogP contribution in [0.25, 0.3) is 0 Å². The summed E-state index contributed by atoms with van der Waals surface area (Å²) in [5, 5.41) is 9.29. The van der Waals surface area contributed by atoms with Crippen LogP contribution in [0.1, 0.15) is 38.2 Å². The van der Waals surface area contributed by atoms with Crippen molar-refractivity contribution in [1.29, 1.82) is 0 Å². The molecule has 0 spiro atoms. The first-order chi connectivity index (χ1) is 9.38. The maximum atomic E-state index is 12.5. The Balaban J connectivity index is 2.42. The van der Waals surface area contributed by atoms with E-state index in [0.717, 1.165) is 0 Å². The minimum atomic E-state index is -0.927. The number of nitrogens with zero attached hydrogens (tertiary/aromatic N) is 1. The number of carbonyl (C=O) groups excluding carboxylic acids is 1. The summed E-state index contributed by atoms with van der Waals surface area (Å²) in [7, 11) is 0. The van der Waals surface area contributed by atoms with E-state index >= 15 is 0 Å². The molecule has 1 aliphatic heterocycles. The zero-order valence-electron chi connectivity index (χ0n) is 11.8. The second kappa shape index (κ2) is 5.25. The highest BCUT2D eigenvalue weighted by molar-refractivity contribution is 6.01. The molecule has 1 amide bonds. The van der Waals surface area contributed by atoms with Crippen LogP contribution in [0.3, 0.4) is 0 Å². The maximum Gasteiger partial charge on any atom is 0.311 e. The summed E-state index contributed by atoms with van der Waals surface area (Å²) < 4.78 is 0. The highest BCUT2D eigenvalue weighted by Gasteiger charge is 2.37. The Morgan fingerprint density at radius 1 is 1.45 bits per heavy atom. The molecule has 0 saturated carbocycles. The average molecular weight is 276 g/mol. The number of anilines is 1. The number of nitrogens with two attached hydrogens (primary N) is 1. The summed E-state index contributed by atoms with van der Waals surface area (Å²) in [6.07, 6.45) is 0.949. The van der Waals surface area contributed by atoms with Crippen molar-refractivity contribution in [1.82, 2.24) is 0 Å².